The number of benzene rings is 1. The predicted octanol–water partition coefficient (Wildman–Crippen LogP) is 2.80. The van der Waals surface area contributed by atoms with Crippen LogP contribution in [0.25, 0.3) is 11.0 Å². The summed E-state index contributed by atoms with van der Waals surface area (Å²) in [7, 11) is -3.46. The third-order valence-electron chi connectivity index (χ3n) is 3.90. The quantitative estimate of drug-likeness (QED) is 0.721. The second kappa shape index (κ2) is 5.64. The van der Waals surface area contributed by atoms with Crippen LogP contribution in [0.5, 0.6) is 0 Å². The predicted molar refractivity (Wildman–Crippen MR) is 94.4 cm³/mol. The molecule has 4 rings (SSSR count). The van der Waals surface area contributed by atoms with Crippen molar-refractivity contribution in [3.8, 4) is 0 Å². The Morgan fingerprint density at radius 1 is 1.17 bits per heavy atom. The van der Waals surface area contributed by atoms with Crippen LogP contribution in [-0.2, 0) is 10.0 Å². The maximum absolute atomic E-state index is 12.2. The highest BCUT2D eigenvalue weighted by Crippen LogP contribution is 2.36. The van der Waals surface area contributed by atoms with Crippen LogP contribution in [0.4, 0.5) is 0 Å². The lowest BCUT2D eigenvalue weighted by Gasteiger charge is -2.21. The van der Waals surface area contributed by atoms with Crippen LogP contribution in [0.1, 0.15) is 22.9 Å². The minimum atomic E-state index is -3.46. The molecule has 0 saturated heterocycles. The van der Waals surface area contributed by atoms with Crippen LogP contribution in [0.15, 0.2) is 53.2 Å². The first-order valence-corrected chi connectivity index (χ1v) is 10.1. The zero-order valence-corrected chi connectivity index (χ0v) is 14.5. The normalized spacial score (nSPS) is 18.1. The van der Waals surface area contributed by atoms with Gasteiger partial charge in [-0.05, 0) is 29.1 Å². The number of fused-ring (bicyclic) bond motifs is 1. The molecule has 1 aliphatic rings. The molecule has 6 nitrogen and oxygen atoms in total. The van der Waals surface area contributed by atoms with Gasteiger partial charge in [0.15, 0.2) is 0 Å². The molecule has 24 heavy (non-hydrogen) atoms. The summed E-state index contributed by atoms with van der Waals surface area (Å²) in [5, 5.41) is 6.34. The molecule has 0 aliphatic carbocycles. The van der Waals surface area contributed by atoms with E-state index in [-0.39, 0.29) is 6.04 Å². The van der Waals surface area contributed by atoms with Crippen LogP contribution in [0, 0.1) is 0 Å². The van der Waals surface area contributed by atoms with Crippen LogP contribution in [0.2, 0.25) is 0 Å². The summed E-state index contributed by atoms with van der Waals surface area (Å²) in [4.78, 5) is 9.55. The number of rotatable bonds is 3. The summed E-state index contributed by atoms with van der Waals surface area (Å²) in [5.41, 5.74) is 3.18. The number of hydrogen-bond donors (Lipinski definition) is 0. The van der Waals surface area contributed by atoms with E-state index in [2.05, 4.69) is 15.1 Å². The molecule has 8 heteroatoms. The molecule has 0 radical (unpaired) electrons. The second-order valence-electron chi connectivity index (χ2n) is 5.58. The van der Waals surface area contributed by atoms with E-state index in [0.29, 0.717) is 6.42 Å². The largest absolute Gasteiger partial charge is 0.253 e. The van der Waals surface area contributed by atoms with E-state index < -0.39 is 10.0 Å². The van der Waals surface area contributed by atoms with Gasteiger partial charge in [-0.1, -0.05) is 12.1 Å². The fourth-order valence-corrected chi connectivity index (χ4v) is 4.45. The lowest BCUT2D eigenvalue weighted by Crippen LogP contribution is -2.25. The van der Waals surface area contributed by atoms with Gasteiger partial charge < -0.3 is 0 Å². The maximum atomic E-state index is 12.2. The van der Waals surface area contributed by atoms with Crippen molar-refractivity contribution < 1.29 is 8.42 Å². The summed E-state index contributed by atoms with van der Waals surface area (Å²) in [5.74, 6) is 0. The summed E-state index contributed by atoms with van der Waals surface area (Å²) in [6.07, 6.45) is 4.99. The summed E-state index contributed by atoms with van der Waals surface area (Å²) in [6.45, 7) is 0. The summed E-state index contributed by atoms with van der Waals surface area (Å²) >= 11 is 1.56. The third kappa shape index (κ3) is 2.67. The minimum absolute atomic E-state index is 0.358. The fraction of sp³-hybridized carbons (Fsp3) is 0.188. The van der Waals surface area contributed by atoms with Crippen molar-refractivity contribution in [3.05, 3.63) is 58.5 Å². The molecule has 0 bridgehead atoms. The van der Waals surface area contributed by atoms with E-state index in [9.17, 15) is 8.42 Å². The van der Waals surface area contributed by atoms with Crippen molar-refractivity contribution in [1.82, 2.24) is 14.4 Å². The Labute approximate surface area is 143 Å². The zero-order chi connectivity index (χ0) is 16.7. The van der Waals surface area contributed by atoms with Gasteiger partial charge in [0.1, 0.15) is 0 Å². The Morgan fingerprint density at radius 2 is 1.96 bits per heavy atom. The van der Waals surface area contributed by atoms with Crippen LogP contribution >= 0.6 is 11.3 Å². The Kier molecular flexibility index (Phi) is 3.58. The molecule has 0 amide bonds. The lowest BCUT2D eigenvalue weighted by atomic mass is 10.0. The van der Waals surface area contributed by atoms with Crippen LogP contribution in [-0.4, -0.2) is 34.8 Å². The Morgan fingerprint density at radius 3 is 2.67 bits per heavy atom. The monoisotopic (exact) mass is 358 g/mol. The molecular formula is C16H14N4O2S2. The second-order valence-corrected chi connectivity index (χ2v) is 8.37. The summed E-state index contributed by atoms with van der Waals surface area (Å²) < 4.78 is 25.6. The molecule has 0 saturated carbocycles. The van der Waals surface area contributed by atoms with Gasteiger partial charge in [0.05, 0.1) is 33.9 Å². The number of hydrogen-bond acceptors (Lipinski definition) is 6. The van der Waals surface area contributed by atoms with Crippen molar-refractivity contribution in [2.24, 2.45) is 5.10 Å². The molecule has 0 spiro atoms. The maximum Gasteiger partial charge on any atom is 0.247 e. The number of hydrazone groups is 1. The highest BCUT2D eigenvalue weighted by atomic mass is 32.2. The van der Waals surface area contributed by atoms with Crippen molar-refractivity contribution in [3.63, 3.8) is 0 Å². The molecule has 1 atom stereocenters. The third-order valence-corrected chi connectivity index (χ3v) is 5.83. The first-order valence-electron chi connectivity index (χ1n) is 7.34. The van der Waals surface area contributed by atoms with Crippen molar-refractivity contribution in [2.75, 3.05) is 6.26 Å². The number of aromatic nitrogens is 2. The van der Waals surface area contributed by atoms with Gasteiger partial charge in [0.2, 0.25) is 10.0 Å². The number of sulfonamides is 1. The Balaban J connectivity index is 1.78. The van der Waals surface area contributed by atoms with E-state index in [1.807, 2.05) is 35.7 Å². The van der Waals surface area contributed by atoms with Crippen molar-refractivity contribution in [2.45, 2.75) is 12.5 Å². The topological polar surface area (TPSA) is 75.5 Å². The standard InChI is InChI=1S/C16H14N4O2S2/c1-24(21,22)20-15(10-14(19-20)16-3-2-8-23-16)11-4-5-12-13(9-11)18-7-6-17-12/h2-9,15H,10H2,1H3. The highest BCUT2D eigenvalue weighted by molar-refractivity contribution is 7.88. The van der Waals surface area contributed by atoms with Gasteiger partial charge >= 0.3 is 0 Å². The van der Waals surface area contributed by atoms with Crippen LogP contribution in [0.3, 0.4) is 0 Å². The van der Waals surface area contributed by atoms with Gasteiger partial charge in [-0.25, -0.2) is 8.42 Å². The Hall–Kier alpha value is -2.32. The molecule has 0 N–H and O–H groups in total. The lowest BCUT2D eigenvalue weighted by molar-refractivity contribution is 0.375. The minimum Gasteiger partial charge on any atom is -0.253 e. The molecule has 1 aromatic carbocycles. The molecule has 3 heterocycles. The van der Waals surface area contributed by atoms with Crippen molar-refractivity contribution >= 4 is 38.1 Å². The smallest absolute Gasteiger partial charge is 0.247 e. The molecule has 2 aromatic heterocycles. The molecule has 1 aliphatic heterocycles. The van der Waals surface area contributed by atoms with E-state index in [0.717, 1.165) is 27.2 Å². The molecule has 1 unspecified atom stereocenters. The average molecular weight is 358 g/mol. The van der Waals surface area contributed by atoms with Crippen LogP contribution < -0.4 is 0 Å². The van der Waals surface area contributed by atoms with E-state index in [4.69, 9.17) is 0 Å². The molecule has 122 valence electrons. The van der Waals surface area contributed by atoms with Gasteiger partial charge in [-0.2, -0.15) is 9.52 Å². The summed E-state index contributed by atoms with van der Waals surface area (Å²) in [6, 6.07) is 9.18. The molecule has 0 fully saturated rings. The SMILES string of the molecule is CS(=O)(=O)N1N=C(c2cccs2)CC1c1ccc2nccnc2c1. The van der Waals surface area contributed by atoms with Gasteiger partial charge in [0, 0.05) is 18.8 Å². The Bertz CT molecular complexity index is 1030. The highest BCUT2D eigenvalue weighted by Gasteiger charge is 2.34. The first kappa shape index (κ1) is 15.2. The first-order chi connectivity index (χ1) is 11.5. The van der Waals surface area contributed by atoms with E-state index >= 15 is 0 Å². The van der Waals surface area contributed by atoms with Crippen molar-refractivity contribution in [1.29, 1.82) is 0 Å². The van der Waals surface area contributed by atoms with Gasteiger partial charge in [0.25, 0.3) is 0 Å². The molecular weight excluding hydrogens is 344 g/mol. The fourth-order valence-electron chi connectivity index (χ4n) is 2.82. The van der Waals surface area contributed by atoms with Gasteiger partial charge in [-0.3, -0.25) is 9.97 Å². The van der Waals surface area contributed by atoms with E-state index in [1.54, 1.807) is 23.7 Å². The number of nitrogens with zero attached hydrogens (tertiary/aromatic N) is 4. The number of thiophene rings is 1. The van der Waals surface area contributed by atoms with Gasteiger partial charge in [-0.15, -0.1) is 11.3 Å². The van der Waals surface area contributed by atoms with E-state index in [1.165, 1.54) is 10.7 Å². The molecule has 3 aromatic rings. The zero-order valence-electron chi connectivity index (χ0n) is 12.8. The average Bonchev–Trinajstić information content (AvgIpc) is 3.23.